The van der Waals surface area contributed by atoms with Crippen molar-refractivity contribution in [2.24, 2.45) is 5.92 Å². The quantitative estimate of drug-likeness (QED) is 0.815. The second kappa shape index (κ2) is 8.43. The Bertz CT molecular complexity index is 823. The van der Waals surface area contributed by atoms with Crippen LogP contribution in [0, 0.1) is 5.92 Å². The van der Waals surface area contributed by atoms with Crippen molar-refractivity contribution >= 4 is 22.6 Å². The second-order valence-corrected chi connectivity index (χ2v) is 8.46. The Morgan fingerprint density at radius 3 is 2.46 bits per heavy atom. The van der Waals surface area contributed by atoms with Crippen molar-refractivity contribution in [2.45, 2.75) is 33.1 Å². The molecule has 0 bridgehead atoms. The van der Waals surface area contributed by atoms with Gasteiger partial charge in [0.15, 0.2) is 0 Å². The van der Waals surface area contributed by atoms with Crippen molar-refractivity contribution in [2.75, 3.05) is 50.7 Å². The third-order valence-electron chi connectivity index (χ3n) is 5.80. The van der Waals surface area contributed by atoms with Gasteiger partial charge in [0, 0.05) is 56.8 Å². The van der Waals surface area contributed by atoms with Crippen molar-refractivity contribution in [1.82, 2.24) is 19.8 Å². The fourth-order valence-electron chi connectivity index (χ4n) is 4.37. The number of benzene rings is 1. The topological polar surface area (TPSA) is 52.6 Å². The Kier molecular flexibility index (Phi) is 5.76. The van der Waals surface area contributed by atoms with E-state index in [1.807, 2.05) is 23.1 Å². The molecule has 0 spiro atoms. The SMILES string of the molecule is CC(C)CN1CCN(C(=O)c2ccc3ncnc(N4CCCCC4)c3c2)CC1. The van der Waals surface area contributed by atoms with Crippen LogP contribution in [0.4, 0.5) is 5.82 Å². The molecule has 6 nitrogen and oxygen atoms in total. The Balaban J connectivity index is 1.53. The first kappa shape index (κ1) is 19.1. The highest BCUT2D eigenvalue weighted by molar-refractivity contribution is 6.00. The van der Waals surface area contributed by atoms with Crippen LogP contribution < -0.4 is 4.90 Å². The van der Waals surface area contributed by atoms with Crippen LogP contribution in [0.15, 0.2) is 24.5 Å². The van der Waals surface area contributed by atoms with E-state index >= 15 is 0 Å². The summed E-state index contributed by atoms with van der Waals surface area (Å²) in [6, 6.07) is 5.88. The van der Waals surface area contributed by atoms with Crippen molar-refractivity contribution < 1.29 is 4.79 Å². The van der Waals surface area contributed by atoms with Crippen LogP contribution in [0.25, 0.3) is 10.9 Å². The largest absolute Gasteiger partial charge is 0.356 e. The fourth-order valence-corrected chi connectivity index (χ4v) is 4.37. The van der Waals surface area contributed by atoms with E-state index in [0.29, 0.717) is 5.92 Å². The molecule has 4 rings (SSSR count). The van der Waals surface area contributed by atoms with E-state index in [9.17, 15) is 4.79 Å². The Labute approximate surface area is 167 Å². The molecule has 0 aliphatic carbocycles. The highest BCUT2D eigenvalue weighted by Crippen LogP contribution is 2.27. The second-order valence-electron chi connectivity index (χ2n) is 8.46. The molecule has 6 heteroatoms. The van der Waals surface area contributed by atoms with Gasteiger partial charge < -0.3 is 9.80 Å². The molecule has 1 aromatic carbocycles. The lowest BCUT2D eigenvalue weighted by molar-refractivity contribution is 0.0624. The summed E-state index contributed by atoms with van der Waals surface area (Å²) in [5, 5.41) is 0.994. The monoisotopic (exact) mass is 381 g/mol. The molecule has 0 radical (unpaired) electrons. The first-order chi connectivity index (χ1) is 13.6. The van der Waals surface area contributed by atoms with Gasteiger partial charge in [0.05, 0.1) is 5.52 Å². The summed E-state index contributed by atoms with van der Waals surface area (Å²) >= 11 is 0. The molecule has 2 fully saturated rings. The first-order valence-electron chi connectivity index (χ1n) is 10.6. The zero-order valence-electron chi connectivity index (χ0n) is 17.1. The third kappa shape index (κ3) is 4.12. The van der Waals surface area contributed by atoms with Gasteiger partial charge in [-0.25, -0.2) is 9.97 Å². The summed E-state index contributed by atoms with van der Waals surface area (Å²) in [4.78, 5) is 28.9. The predicted molar refractivity (Wildman–Crippen MR) is 113 cm³/mol. The highest BCUT2D eigenvalue weighted by Gasteiger charge is 2.23. The number of aromatic nitrogens is 2. The Morgan fingerprint density at radius 1 is 1.00 bits per heavy atom. The van der Waals surface area contributed by atoms with Crippen LogP contribution in [0.2, 0.25) is 0 Å². The fraction of sp³-hybridized carbons (Fsp3) is 0.591. The van der Waals surface area contributed by atoms with Gasteiger partial charge in [-0.1, -0.05) is 13.8 Å². The van der Waals surface area contributed by atoms with Gasteiger partial charge in [-0.2, -0.15) is 0 Å². The Hall–Kier alpha value is -2.21. The van der Waals surface area contributed by atoms with Crippen LogP contribution in [0.1, 0.15) is 43.5 Å². The van der Waals surface area contributed by atoms with E-state index in [2.05, 4.69) is 33.6 Å². The molecule has 2 saturated heterocycles. The molecule has 0 saturated carbocycles. The number of nitrogens with zero attached hydrogens (tertiary/aromatic N) is 5. The molecule has 2 aromatic rings. The lowest BCUT2D eigenvalue weighted by Gasteiger charge is -2.35. The number of hydrogen-bond acceptors (Lipinski definition) is 5. The number of piperazine rings is 1. The molecule has 0 atom stereocenters. The number of amides is 1. The average molecular weight is 382 g/mol. The predicted octanol–water partition coefficient (Wildman–Crippen LogP) is 3.03. The summed E-state index contributed by atoms with van der Waals surface area (Å²) in [6.07, 6.45) is 5.32. The van der Waals surface area contributed by atoms with Crippen LogP contribution in [-0.2, 0) is 0 Å². The summed E-state index contributed by atoms with van der Waals surface area (Å²) in [6.45, 7) is 11.2. The summed E-state index contributed by atoms with van der Waals surface area (Å²) in [5.41, 5.74) is 1.66. The molecule has 0 N–H and O–H groups in total. The summed E-state index contributed by atoms with van der Waals surface area (Å²) in [5.74, 6) is 1.76. The first-order valence-corrected chi connectivity index (χ1v) is 10.6. The van der Waals surface area contributed by atoms with Crippen molar-refractivity contribution in [1.29, 1.82) is 0 Å². The van der Waals surface area contributed by atoms with E-state index in [4.69, 9.17) is 0 Å². The smallest absolute Gasteiger partial charge is 0.253 e. The van der Waals surface area contributed by atoms with Crippen LogP contribution in [0.5, 0.6) is 0 Å². The number of piperidine rings is 1. The van der Waals surface area contributed by atoms with E-state index in [1.165, 1.54) is 19.3 Å². The van der Waals surface area contributed by atoms with Crippen LogP contribution >= 0.6 is 0 Å². The summed E-state index contributed by atoms with van der Waals surface area (Å²) in [7, 11) is 0. The number of hydrogen-bond donors (Lipinski definition) is 0. The average Bonchev–Trinajstić information content (AvgIpc) is 2.73. The van der Waals surface area contributed by atoms with Gasteiger partial charge in [-0.15, -0.1) is 0 Å². The molecule has 2 aliphatic heterocycles. The molecule has 2 aliphatic rings. The number of carbonyl (C=O) groups excluding carboxylic acids is 1. The number of rotatable bonds is 4. The van der Waals surface area contributed by atoms with Crippen molar-refractivity contribution in [3.8, 4) is 0 Å². The maximum atomic E-state index is 13.1. The normalized spacial score (nSPS) is 18.8. The lowest BCUT2D eigenvalue weighted by atomic mass is 10.1. The van der Waals surface area contributed by atoms with Crippen molar-refractivity contribution in [3.63, 3.8) is 0 Å². The summed E-state index contributed by atoms with van der Waals surface area (Å²) < 4.78 is 0. The van der Waals surface area contributed by atoms with E-state index in [-0.39, 0.29) is 5.91 Å². The van der Waals surface area contributed by atoms with Crippen LogP contribution in [-0.4, -0.2) is 71.5 Å². The van der Waals surface area contributed by atoms with Gasteiger partial charge in [0.25, 0.3) is 5.91 Å². The van der Waals surface area contributed by atoms with Gasteiger partial charge in [-0.05, 0) is 43.4 Å². The molecule has 0 unspecified atom stereocenters. The van der Waals surface area contributed by atoms with Gasteiger partial charge >= 0.3 is 0 Å². The number of anilines is 1. The maximum Gasteiger partial charge on any atom is 0.253 e. The molecule has 28 heavy (non-hydrogen) atoms. The lowest BCUT2D eigenvalue weighted by Crippen LogP contribution is -2.49. The molecule has 3 heterocycles. The minimum Gasteiger partial charge on any atom is -0.356 e. The van der Waals surface area contributed by atoms with E-state index in [1.54, 1.807) is 6.33 Å². The number of fused-ring (bicyclic) bond motifs is 1. The standard InChI is InChI=1S/C22H31N5O/c1-17(2)15-25-10-12-27(13-11-25)22(28)18-6-7-20-19(14-18)21(24-16-23-20)26-8-4-3-5-9-26/h6-7,14,16-17H,3-5,8-13,15H2,1-2H3. The van der Waals surface area contributed by atoms with Gasteiger partial charge in [-0.3, -0.25) is 9.69 Å². The van der Waals surface area contributed by atoms with Gasteiger partial charge in [0.1, 0.15) is 12.1 Å². The minimum absolute atomic E-state index is 0.125. The molecule has 150 valence electrons. The Morgan fingerprint density at radius 2 is 1.75 bits per heavy atom. The van der Waals surface area contributed by atoms with E-state index in [0.717, 1.165) is 68.1 Å². The zero-order chi connectivity index (χ0) is 19.5. The van der Waals surface area contributed by atoms with E-state index < -0.39 is 0 Å². The highest BCUT2D eigenvalue weighted by atomic mass is 16.2. The molecule has 1 amide bonds. The number of carbonyl (C=O) groups is 1. The molecular weight excluding hydrogens is 350 g/mol. The van der Waals surface area contributed by atoms with Crippen LogP contribution in [0.3, 0.4) is 0 Å². The third-order valence-corrected chi connectivity index (χ3v) is 5.80. The van der Waals surface area contributed by atoms with Crippen molar-refractivity contribution in [3.05, 3.63) is 30.1 Å². The zero-order valence-corrected chi connectivity index (χ0v) is 17.1. The van der Waals surface area contributed by atoms with Gasteiger partial charge in [0.2, 0.25) is 0 Å². The molecular formula is C22H31N5O. The maximum absolute atomic E-state index is 13.1. The molecule has 1 aromatic heterocycles. The minimum atomic E-state index is 0.125.